The Labute approximate surface area is 141 Å². The van der Waals surface area contributed by atoms with Gasteiger partial charge in [-0.15, -0.1) is 5.10 Å². The second-order valence-electron chi connectivity index (χ2n) is 5.74. The maximum atomic E-state index is 12.6. The van der Waals surface area contributed by atoms with E-state index in [1.54, 1.807) is 27.3 Å². The van der Waals surface area contributed by atoms with E-state index in [1.807, 2.05) is 6.92 Å². The molecule has 0 amide bonds. The van der Waals surface area contributed by atoms with Crippen molar-refractivity contribution in [3.63, 3.8) is 0 Å². The molecule has 0 spiro atoms. The van der Waals surface area contributed by atoms with Gasteiger partial charge in [0.05, 0.1) is 18.4 Å². The molecule has 1 N–H and O–H groups in total. The normalized spacial score (nSPS) is 16.2. The fourth-order valence-corrected chi connectivity index (χ4v) is 4.22. The van der Waals surface area contributed by atoms with Gasteiger partial charge < -0.3 is 5.32 Å². The van der Waals surface area contributed by atoms with Crippen molar-refractivity contribution in [2.24, 2.45) is 0 Å². The molecule has 0 atom stereocenters. The van der Waals surface area contributed by atoms with Crippen molar-refractivity contribution in [2.75, 3.05) is 18.4 Å². The molecule has 0 unspecified atom stereocenters. The number of pyridine rings is 1. The Morgan fingerprint density at radius 2 is 1.96 bits per heavy atom. The van der Waals surface area contributed by atoms with Crippen LogP contribution in [-0.4, -0.2) is 45.8 Å². The van der Waals surface area contributed by atoms with Crippen molar-refractivity contribution >= 4 is 15.8 Å². The fourth-order valence-electron chi connectivity index (χ4n) is 2.76. The number of nitrogens with one attached hydrogen (secondary N) is 1. The minimum atomic E-state index is -3.43. The Morgan fingerprint density at radius 3 is 2.62 bits per heavy atom. The van der Waals surface area contributed by atoms with Gasteiger partial charge in [0.25, 0.3) is 0 Å². The lowest BCUT2D eigenvalue weighted by atomic mass is 10.2. The third kappa shape index (κ3) is 3.57. The van der Waals surface area contributed by atoms with Gasteiger partial charge in [0, 0.05) is 25.8 Å². The fraction of sp³-hybridized carbons (Fsp3) is 0.533. The van der Waals surface area contributed by atoms with Crippen molar-refractivity contribution < 1.29 is 8.42 Å². The molecule has 1 aliphatic heterocycles. The highest BCUT2D eigenvalue weighted by atomic mass is 32.2. The molecule has 1 fully saturated rings. The minimum absolute atomic E-state index is 0.246. The van der Waals surface area contributed by atoms with Crippen LogP contribution in [0, 0.1) is 0 Å². The number of sulfonamides is 1. The van der Waals surface area contributed by atoms with Gasteiger partial charge in [-0.25, -0.2) is 18.1 Å². The van der Waals surface area contributed by atoms with Gasteiger partial charge in [-0.05, 0) is 31.9 Å². The lowest BCUT2D eigenvalue weighted by Crippen LogP contribution is -2.35. The van der Waals surface area contributed by atoms with Gasteiger partial charge >= 0.3 is 0 Å². The SMILES string of the molecule is CCn1nncc1CNc1ccc(S(=O)(=O)N2CCCCC2)cn1. The first-order chi connectivity index (χ1) is 11.6. The standard InChI is InChI=1S/C15H22N6O2S/c1-2-21-13(11-18-19-21)10-16-15-7-6-14(12-17-15)24(22,23)20-8-4-3-5-9-20/h6-7,11-12H,2-5,8-10H2,1H3,(H,16,17). The van der Waals surface area contributed by atoms with E-state index in [4.69, 9.17) is 0 Å². The number of rotatable bonds is 6. The zero-order valence-electron chi connectivity index (χ0n) is 13.7. The maximum absolute atomic E-state index is 12.6. The third-order valence-electron chi connectivity index (χ3n) is 4.14. The lowest BCUT2D eigenvalue weighted by molar-refractivity contribution is 0.346. The topological polar surface area (TPSA) is 93.0 Å². The second kappa shape index (κ2) is 7.27. The van der Waals surface area contributed by atoms with Crippen molar-refractivity contribution in [3.05, 3.63) is 30.2 Å². The Morgan fingerprint density at radius 1 is 1.17 bits per heavy atom. The van der Waals surface area contributed by atoms with E-state index in [0.29, 0.717) is 25.5 Å². The number of hydrogen-bond donors (Lipinski definition) is 1. The van der Waals surface area contributed by atoms with Crippen LogP contribution in [0.25, 0.3) is 0 Å². The highest BCUT2D eigenvalue weighted by Gasteiger charge is 2.26. The molecule has 1 aliphatic rings. The molecular weight excluding hydrogens is 328 g/mol. The average Bonchev–Trinajstić information content (AvgIpc) is 3.08. The molecule has 3 heterocycles. The minimum Gasteiger partial charge on any atom is -0.364 e. The smallest absolute Gasteiger partial charge is 0.244 e. The number of nitrogens with zero attached hydrogens (tertiary/aromatic N) is 5. The van der Waals surface area contributed by atoms with Crippen LogP contribution in [0.15, 0.2) is 29.4 Å². The molecular formula is C15H22N6O2S. The Kier molecular flexibility index (Phi) is 5.10. The molecule has 0 saturated carbocycles. The summed E-state index contributed by atoms with van der Waals surface area (Å²) < 4.78 is 28.5. The van der Waals surface area contributed by atoms with Crippen molar-refractivity contribution in [1.29, 1.82) is 0 Å². The van der Waals surface area contributed by atoms with Gasteiger partial charge in [0.15, 0.2) is 0 Å². The highest BCUT2D eigenvalue weighted by Crippen LogP contribution is 2.20. The molecule has 0 aliphatic carbocycles. The third-order valence-corrected chi connectivity index (χ3v) is 6.02. The van der Waals surface area contributed by atoms with Crippen LogP contribution >= 0.6 is 0 Å². The molecule has 2 aromatic rings. The average molecular weight is 350 g/mol. The molecule has 3 rings (SSSR count). The predicted octanol–water partition coefficient (Wildman–Crippen LogP) is 1.48. The summed E-state index contributed by atoms with van der Waals surface area (Å²) in [6.45, 7) is 4.47. The summed E-state index contributed by atoms with van der Waals surface area (Å²) in [4.78, 5) is 4.47. The van der Waals surface area contributed by atoms with Crippen LogP contribution in [0.5, 0.6) is 0 Å². The van der Waals surface area contributed by atoms with Gasteiger partial charge in [0.1, 0.15) is 10.7 Å². The molecule has 8 nitrogen and oxygen atoms in total. The molecule has 1 saturated heterocycles. The number of aromatic nitrogens is 4. The van der Waals surface area contributed by atoms with Gasteiger partial charge in [0.2, 0.25) is 10.0 Å². The molecule has 130 valence electrons. The van der Waals surface area contributed by atoms with E-state index in [1.165, 1.54) is 6.20 Å². The quantitative estimate of drug-likeness (QED) is 0.848. The van der Waals surface area contributed by atoms with E-state index >= 15 is 0 Å². The maximum Gasteiger partial charge on any atom is 0.244 e. The summed E-state index contributed by atoms with van der Waals surface area (Å²) in [6.07, 6.45) is 6.06. The lowest BCUT2D eigenvalue weighted by Gasteiger charge is -2.25. The zero-order chi connectivity index (χ0) is 17.0. The number of piperidine rings is 1. The summed E-state index contributed by atoms with van der Waals surface area (Å²) in [6, 6.07) is 3.30. The number of aryl methyl sites for hydroxylation is 1. The van der Waals surface area contributed by atoms with Crippen molar-refractivity contribution in [3.8, 4) is 0 Å². The Bertz CT molecular complexity index is 766. The van der Waals surface area contributed by atoms with Crippen LogP contribution < -0.4 is 5.32 Å². The zero-order valence-corrected chi connectivity index (χ0v) is 14.5. The predicted molar refractivity (Wildman–Crippen MR) is 89.9 cm³/mol. The van der Waals surface area contributed by atoms with E-state index in [0.717, 1.165) is 31.5 Å². The molecule has 0 bridgehead atoms. The van der Waals surface area contributed by atoms with Crippen molar-refractivity contribution in [1.82, 2.24) is 24.3 Å². The molecule has 2 aromatic heterocycles. The van der Waals surface area contributed by atoms with E-state index < -0.39 is 10.0 Å². The molecule has 9 heteroatoms. The van der Waals surface area contributed by atoms with Gasteiger partial charge in [-0.3, -0.25) is 0 Å². The van der Waals surface area contributed by atoms with Crippen LogP contribution in [0.1, 0.15) is 31.9 Å². The van der Waals surface area contributed by atoms with Crippen LogP contribution in [-0.2, 0) is 23.1 Å². The molecule has 0 radical (unpaired) electrons. The first-order valence-corrected chi connectivity index (χ1v) is 9.62. The summed E-state index contributed by atoms with van der Waals surface area (Å²) in [5.74, 6) is 0.622. The second-order valence-corrected chi connectivity index (χ2v) is 7.68. The van der Waals surface area contributed by atoms with Crippen LogP contribution in [0.4, 0.5) is 5.82 Å². The highest BCUT2D eigenvalue weighted by molar-refractivity contribution is 7.89. The Hall–Kier alpha value is -2.00. The van der Waals surface area contributed by atoms with Crippen molar-refractivity contribution in [2.45, 2.75) is 44.2 Å². The Balaban J connectivity index is 1.66. The largest absolute Gasteiger partial charge is 0.364 e. The van der Waals surface area contributed by atoms with Gasteiger partial charge in [-0.1, -0.05) is 11.6 Å². The van der Waals surface area contributed by atoms with Gasteiger partial charge in [-0.2, -0.15) is 4.31 Å². The van der Waals surface area contributed by atoms with E-state index in [9.17, 15) is 8.42 Å². The first-order valence-electron chi connectivity index (χ1n) is 8.18. The molecule has 0 aromatic carbocycles. The van der Waals surface area contributed by atoms with E-state index in [-0.39, 0.29) is 4.90 Å². The number of anilines is 1. The van der Waals surface area contributed by atoms with Crippen LogP contribution in [0.2, 0.25) is 0 Å². The molecule has 24 heavy (non-hydrogen) atoms. The summed E-state index contributed by atoms with van der Waals surface area (Å²) in [5.41, 5.74) is 0.948. The monoisotopic (exact) mass is 350 g/mol. The van der Waals surface area contributed by atoms with Crippen LogP contribution in [0.3, 0.4) is 0 Å². The first kappa shape index (κ1) is 16.8. The number of hydrogen-bond acceptors (Lipinski definition) is 6. The van der Waals surface area contributed by atoms with E-state index in [2.05, 4.69) is 20.6 Å². The summed E-state index contributed by atoms with van der Waals surface area (Å²) in [5, 5.41) is 11.0. The summed E-state index contributed by atoms with van der Waals surface area (Å²) in [7, 11) is -3.43. The summed E-state index contributed by atoms with van der Waals surface area (Å²) >= 11 is 0.